The molecule has 0 aliphatic heterocycles. The van der Waals surface area contributed by atoms with Crippen molar-refractivity contribution in [2.45, 2.75) is 13.3 Å². The molecule has 2 aromatic rings. The Morgan fingerprint density at radius 2 is 1.68 bits per heavy atom. The molecule has 0 bridgehead atoms. The summed E-state index contributed by atoms with van der Waals surface area (Å²) in [6.45, 7) is 1.95. The monoisotopic (exact) mass is 298 g/mol. The highest BCUT2D eigenvalue weighted by molar-refractivity contribution is 6.02. The van der Waals surface area contributed by atoms with Crippen molar-refractivity contribution in [3.05, 3.63) is 59.7 Å². The average molecular weight is 298 g/mol. The molecule has 2 aromatic carbocycles. The van der Waals surface area contributed by atoms with Crippen molar-refractivity contribution in [1.29, 1.82) is 0 Å². The maximum atomic E-state index is 12.1. The van der Waals surface area contributed by atoms with Gasteiger partial charge in [-0.2, -0.15) is 5.10 Å². The molecule has 0 spiro atoms. The lowest BCUT2D eigenvalue weighted by atomic mass is 10.1. The van der Waals surface area contributed by atoms with Crippen LogP contribution in [0.1, 0.15) is 29.3 Å². The van der Waals surface area contributed by atoms with E-state index in [0.717, 1.165) is 11.3 Å². The van der Waals surface area contributed by atoms with E-state index in [-0.39, 0.29) is 11.7 Å². The Bertz CT molecular complexity index is 661. The first-order valence-electron chi connectivity index (χ1n) is 6.94. The molecule has 0 aliphatic carbocycles. The number of phenols is 1. The van der Waals surface area contributed by atoms with Crippen molar-refractivity contribution >= 4 is 11.6 Å². The fourth-order valence-electron chi connectivity index (χ4n) is 1.93. The van der Waals surface area contributed by atoms with Gasteiger partial charge in [-0.1, -0.05) is 6.92 Å². The van der Waals surface area contributed by atoms with Crippen LogP contribution in [-0.4, -0.2) is 23.8 Å². The first kappa shape index (κ1) is 15.6. The highest BCUT2D eigenvalue weighted by atomic mass is 16.5. The fraction of sp³-hybridized carbons (Fsp3) is 0.176. The molecule has 5 nitrogen and oxygen atoms in total. The largest absolute Gasteiger partial charge is 0.508 e. The number of hydrazone groups is 1. The Balaban J connectivity index is 2.10. The van der Waals surface area contributed by atoms with Crippen LogP contribution in [0, 0.1) is 0 Å². The molecule has 0 atom stereocenters. The summed E-state index contributed by atoms with van der Waals surface area (Å²) in [7, 11) is 1.57. The summed E-state index contributed by atoms with van der Waals surface area (Å²) in [6.07, 6.45) is 0.660. The van der Waals surface area contributed by atoms with Gasteiger partial charge in [0.05, 0.1) is 12.8 Å². The van der Waals surface area contributed by atoms with E-state index < -0.39 is 0 Å². The van der Waals surface area contributed by atoms with Crippen LogP contribution in [0.2, 0.25) is 0 Å². The Hall–Kier alpha value is -2.82. The summed E-state index contributed by atoms with van der Waals surface area (Å²) < 4.78 is 5.05. The highest BCUT2D eigenvalue weighted by Crippen LogP contribution is 2.13. The second kappa shape index (κ2) is 7.26. The molecule has 0 fully saturated rings. The van der Waals surface area contributed by atoms with E-state index in [9.17, 15) is 9.90 Å². The number of amides is 1. The molecule has 0 aliphatic rings. The second-order valence-electron chi connectivity index (χ2n) is 4.63. The van der Waals surface area contributed by atoms with Crippen molar-refractivity contribution in [3.63, 3.8) is 0 Å². The number of hydrogen-bond acceptors (Lipinski definition) is 4. The third kappa shape index (κ3) is 3.85. The molecular formula is C17H18N2O3. The Morgan fingerprint density at radius 3 is 2.23 bits per heavy atom. The van der Waals surface area contributed by atoms with E-state index >= 15 is 0 Å². The van der Waals surface area contributed by atoms with Gasteiger partial charge in [-0.15, -0.1) is 0 Å². The number of phenolic OH excluding ortho intramolecular Hbond substituents is 1. The fourth-order valence-corrected chi connectivity index (χ4v) is 1.93. The molecule has 2 rings (SSSR count). The van der Waals surface area contributed by atoms with Crippen LogP contribution in [0.3, 0.4) is 0 Å². The minimum absolute atomic E-state index is 0.196. The van der Waals surface area contributed by atoms with E-state index in [1.165, 1.54) is 0 Å². The normalized spacial score (nSPS) is 11.1. The predicted octanol–water partition coefficient (Wildman–Crippen LogP) is 2.94. The molecule has 114 valence electrons. The van der Waals surface area contributed by atoms with Gasteiger partial charge < -0.3 is 9.84 Å². The molecule has 0 saturated heterocycles. The van der Waals surface area contributed by atoms with Crippen LogP contribution in [0.15, 0.2) is 53.6 Å². The van der Waals surface area contributed by atoms with Crippen LogP contribution >= 0.6 is 0 Å². The van der Waals surface area contributed by atoms with Gasteiger partial charge in [0, 0.05) is 5.56 Å². The highest BCUT2D eigenvalue weighted by Gasteiger charge is 2.06. The number of ether oxygens (including phenoxy) is 1. The number of benzene rings is 2. The SMILES string of the molecule is CC/C(=N\NC(=O)c1ccc(OC)cc1)c1ccc(O)cc1. The van der Waals surface area contributed by atoms with Gasteiger partial charge in [0.15, 0.2) is 0 Å². The summed E-state index contributed by atoms with van der Waals surface area (Å²) in [4.78, 5) is 12.1. The Kier molecular flexibility index (Phi) is 5.14. The van der Waals surface area contributed by atoms with Crippen LogP contribution in [0.4, 0.5) is 0 Å². The smallest absolute Gasteiger partial charge is 0.271 e. The maximum absolute atomic E-state index is 12.1. The summed E-state index contributed by atoms with van der Waals surface area (Å²) in [5, 5.41) is 13.5. The van der Waals surface area contributed by atoms with Gasteiger partial charge in [0.2, 0.25) is 0 Å². The first-order valence-corrected chi connectivity index (χ1v) is 6.94. The van der Waals surface area contributed by atoms with E-state index in [4.69, 9.17) is 4.74 Å². The van der Waals surface area contributed by atoms with Crippen LogP contribution in [-0.2, 0) is 0 Å². The molecule has 0 saturated carbocycles. The van der Waals surface area contributed by atoms with Crippen molar-refractivity contribution in [3.8, 4) is 11.5 Å². The van der Waals surface area contributed by atoms with Crippen LogP contribution in [0.5, 0.6) is 11.5 Å². The zero-order valence-electron chi connectivity index (χ0n) is 12.5. The molecule has 0 unspecified atom stereocenters. The number of nitrogens with zero attached hydrogens (tertiary/aromatic N) is 1. The van der Waals surface area contributed by atoms with Gasteiger partial charge in [0.1, 0.15) is 11.5 Å². The third-order valence-corrected chi connectivity index (χ3v) is 3.18. The van der Waals surface area contributed by atoms with Gasteiger partial charge in [0.25, 0.3) is 5.91 Å². The standard InChI is InChI=1S/C17H18N2O3/c1-3-16(12-4-8-14(20)9-5-12)18-19-17(21)13-6-10-15(22-2)11-7-13/h4-11,20H,3H2,1-2H3,(H,19,21)/b18-16+. The summed E-state index contributed by atoms with van der Waals surface area (Å²) in [5.74, 6) is 0.604. The summed E-state index contributed by atoms with van der Waals surface area (Å²) in [5.41, 5.74) is 4.65. The number of rotatable bonds is 5. The van der Waals surface area contributed by atoms with E-state index in [0.29, 0.717) is 17.7 Å². The molecule has 2 N–H and O–H groups in total. The predicted molar refractivity (Wildman–Crippen MR) is 85.4 cm³/mol. The molecular weight excluding hydrogens is 280 g/mol. The van der Waals surface area contributed by atoms with Gasteiger partial charge in [-0.05, 0) is 60.5 Å². The summed E-state index contributed by atoms with van der Waals surface area (Å²) >= 11 is 0. The third-order valence-electron chi connectivity index (χ3n) is 3.18. The lowest BCUT2D eigenvalue weighted by Gasteiger charge is -2.06. The minimum Gasteiger partial charge on any atom is -0.508 e. The maximum Gasteiger partial charge on any atom is 0.271 e. The second-order valence-corrected chi connectivity index (χ2v) is 4.63. The van der Waals surface area contributed by atoms with Gasteiger partial charge in [-0.3, -0.25) is 4.79 Å². The first-order chi connectivity index (χ1) is 10.6. The van der Waals surface area contributed by atoms with Gasteiger partial charge in [-0.25, -0.2) is 5.43 Å². The quantitative estimate of drug-likeness (QED) is 0.658. The molecule has 0 aromatic heterocycles. The average Bonchev–Trinajstić information content (AvgIpc) is 2.56. The zero-order valence-corrected chi connectivity index (χ0v) is 12.5. The van der Waals surface area contributed by atoms with Crippen molar-refractivity contribution in [2.75, 3.05) is 7.11 Å². The minimum atomic E-state index is -0.285. The van der Waals surface area contributed by atoms with E-state index in [1.807, 2.05) is 6.92 Å². The van der Waals surface area contributed by atoms with Crippen LogP contribution < -0.4 is 10.2 Å². The molecule has 22 heavy (non-hydrogen) atoms. The molecule has 1 amide bonds. The van der Waals surface area contributed by atoms with Gasteiger partial charge >= 0.3 is 0 Å². The molecule has 5 heteroatoms. The number of carbonyl (C=O) groups is 1. The number of aromatic hydroxyl groups is 1. The van der Waals surface area contributed by atoms with Crippen molar-refractivity contribution in [1.82, 2.24) is 5.43 Å². The van der Waals surface area contributed by atoms with Crippen molar-refractivity contribution in [2.24, 2.45) is 5.10 Å². The molecule has 0 heterocycles. The van der Waals surface area contributed by atoms with E-state index in [2.05, 4.69) is 10.5 Å². The number of hydrogen-bond donors (Lipinski definition) is 2. The topological polar surface area (TPSA) is 70.9 Å². The van der Waals surface area contributed by atoms with Crippen LogP contribution in [0.25, 0.3) is 0 Å². The summed E-state index contributed by atoms with van der Waals surface area (Å²) in [6, 6.07) is 13.5. The number of carbonyl (C=O) groups excluding carboxylic acids is 1. The lowest BCUT2D eigenvalue weighted by molar-refractivity contribution is 0.0955. The van der Waals surface area contributed by atoms with E-state index in [1.54, 1.807) is 55.6 Å². The number of nitrogens with one attached hydrogen (secondary N) is 1. The Morgan fingerprint density at radius 1 is 1.09 bits per heavy atom. The Labute approximate surface area is 129 Å². The molecule has 0 radical (unpaired) electrons. The lowest BCUT2D eigenvalue weighted by Crippen LogP contribution is -2.19. The number of methoxy groups -OCH3 is 1. The zero-order chi connectivity index (χ0) is 15.9. The van der Waals surface area contributed by atoms with Crippen molar-refractivity contribution < 1.29 is 14.6 Å².